The molecule has 2 rings (SSSR count). The van der Waals surface area contributed by atoms with Gasteiger partial charge in [-0.1, -0.05) is 12.1 Å². The SMILES string of the molecule is COc1ccc(CC(=O)O[C@@H](C)C(=O)c2ccc(NS(C)(=O)=O)cc2)cc1. The molecule has 0 saturated carbocycles. The number of anilines is 1. The molecule has 7 nitrogen and oxygen atoms in total. The molecule has 0 aliphatic rings. The van der Waals surface area contributed by atoms with Crippen LogP contribution in [0.5, 0.6) is 5.75 Å². The fourth-order valence-corrected chi connectivity index (χ4v) is 2.92. The van der Waals surface area contributed by atoms with Crippen molar-refractivity contribution in [2.75, 3.05) is 18.1 Å². The highest BCUT2D eigenvalue weighted by atomic mass is 32.2. The van der Waals surface area contributed by atoms with Crippen molar-refractivity contribution in [3.63, 3.8) is 0 Å². The van der Waals surface area contributed by atoms with Crippen LogP contribution in [-0.2, 0) is 26.0 Å². The van der Waals surface area contributed by atoms with Crippen molar-refractivity contribution in [1.29, 1.82) is 0 Å². The third kappa shape index (κ3) is 6.41. The quantitative estimate of drug-likeness (QED) is 0.548. The van der Waals surface area contributed by atoms with Gasteiger partial charge >= 0.3 is 5.97 Å². The Morgan fingerprint density at radius 3 is 2.15 bits per heavy atom. The van der Waals surface area contributed by atoms with Crippen molar-refractivity contribution in [2.45, 2.75) is 19.4 Å². The second-order valence-corrected chi connectivity index (χ2v) is 7.72. The molecular formula is C19H21NO6S. The summed E-state index contributed by atoms with van der Waals surface area (Å²) in [4.78, 5) is 24.4. The van der Waals surface area contributed by atoms with E-state index in [1.54, 1.807) is 31.4 Å². The zero-order valence-corrected chi connectivity index (χ0v) is 16.1. The molecule has 0 spiro atoms. The molecule has 1 atom stereocenters. The van der Waals surface area contributed by atoms with Crippen LogP contribution in [0.15, 0.2) is 48.5 Å². The molecule has 0 unspecified atom stereocenters. The number of hydrogen-bond donors (Lipinski definition) is 1. The van der Waals surface area contributed by atoms with Crippen LogP contribution in [0.4, 0.5) is 5.69 Å². The number of carbonyl (C=O) groups excluding carboxylic acids is 2. The first kappa shape index (κ1) is 20.4. The molecule has 8 heteroatoms. The zero-order chi connectivity index (χ0) is 20.0. The minimum absolute atomic E-state index is 0.0405. The second-order valence-electron chi connectivity index (χ2n) is 5.97. The van der Waals surface area contributed by atoms with E-state index in [9.17, 15) is 18.0 Å². The molecule has 0 aliphatic heterocycles. The molecule has 0 bridgehead atoms. The molecule has 0 saturated heterocycles. The van der Waals surface area contributed by atoms with Gasteiger partial charge in [0.2, 0.25) is 15.8 Å². The predicted molar refractivity (Wildman–Crippen MR) is 101 cm³/mol. The molecule has 0 radical (unpaired) electrons. The van der Waals surface area contributed by atoms with Crippen LogP contribution in [-0.4, -0.2) is 39.6 Å². The van der Waals surface area contributed by atoms with Gasteiger partial charge in [0.25, 0.3) is 0 Å². The molecule has 0 amide bonds. The summed E-state index contributed by atoms with van der Waals surface area (Å²) in [6.45, 7) is 1.50. The van der Waals surface area contributed by atoms with Gasteiger partial charge in [0.15, 0.2) is 6.10 Å². The molecule has 0 heterocycles. The third-order valence-corrected chi connectivity index (χ3v) is 4.26. The standard InChI is InChI=1S/C19H21NO6S/c1-13(26-18(21)12-14-4-10-17(25-2)11-5-14)19(22)15-6-8-16(9-7-15)20-27(3,23)24/h4-11,13,20H,12H2,1-3H3/t13-/m0/s1. The third-order valence-electron chi connectivity index (χ3n) is 3.66. The lowest BCUT2D eigenvalue weighted by Crippen LogP contribution is -2.25. The Labute approximate surface area is 158 Å². The number of hydrogen-bond acceptors (Lipinski definition) is 6. The van der Waals surface area contributed by atoms with Gasteiger partial charge in [0, 0.05) is 11.3 Å². The maximum atomic E-state index is 12.4. The van der Waals surface area contributed by atoms with Crippen LogP contribution in [0.25, 0.3) is 0 Å². The Morgan fingerprint density at radius 2 is 1.63 bits per heavy atom. The topological polar surface area (TPSA) is 98.8 Å². The van der Waals surface area contributed by atoms with Crippen LogP contribution >= 0.6 is 0 Å². The van der Waals surface area contributed by atoms with Gasteiger partial charge in [-0.2, -0.15) is 0 Å². The van der Waals surface area contributed by atoms with E-state index in [-0.39, 0.29) is 12.2 Å². The van der Waals surface area contributed by atoms with E-state index in [4.69, 9.17) is 9.47 Å². The van der Waals surface area contributed by atoms with Crippen molar-refractivity contribution < 1.29 is 27.5 Å². The summed E-state index contributed by atoms with van der Waals surface area (Å²) < 4.78 is 35.0. The summed E-state index contributed by atoms with van der Waals surface area (Å²) >= 11 is 0. The summed E-state index contributed by atoms with van der Waals surface area (Å²) in [7, 11) is -1.83. The van der Waals surface area contributed by atoms with Gasteiger partial charge in [0.05, 0.1) is 19.8 Å². The molecular weight excluding hydrogens is 370 g/mol. The predicted octanol–water partition coefficient (Wildman–Crippen LogP) is 2.42. The van der Waals surface area contributed by atoms with Gasteiger partial charge in [0.1, 0.15) is 5.75 Å². The van der Waals surface area contributed by atoms with Crippen molar-refractivity contribution in [3.8, 4) is 5.75 Å². The summed E-state index contributed by atoms with van der Waals surface area (Å²) in [5, 5.41) is 0. The van der Waals surface area contributed by atoms with Gasteiger partial charge in [-0.05, 0) is 48.9 Å². The van der Waals surface area contributed by atoms with E-state index >= 15 is 0 Å². The van der Waals surface area contributed by atoms with E-state index < -0.39 is 22.1 Å². The monoisotopic (exact) mass is 391 g/mol. The highest BCUT2D eigenvalue weighted by molar-refractivity contribution is 7.92. The molecule has 144 valence electrons. The Balaban J connectivity index is 1.94. The van der Waals surface area contributed by atoms with Crippen molar-refractivity contribution in [3.05, 3.63) is 59.7 Å². The van der Waals surface area contributed by atoms with Crippen molar-refractivity contribution >= 4 is 27.5 Å². The number of methoxy groups -OCH3 is 1. The fourth-order valence-electron chi connectivity index (χ4n) is 2.35. The number of ether oxygens (including phenoxy) is 2. The fraction of sp³-hybridized carbons (Fsp3) is 0.263. The van der Waals surface area contributed by atoms with E-state index in [1.807, 2.05) is 0 Å². The summed E-state index contributed by atoms with van der Waals surface area (Å²) in [6, 6.07) is 12.9. The molecule has 2 aromatic rings. The van der Waals surface area contributed by atoms with Gasteiger partial charge in [-0.25, -0.2) is 8.42 Å². The number of Topliss-reactive ketones (excluding diaryl/α,β-unsaturated/α-hetero) is 1. The van der Waals surface area contributed by atoms with Crippen LogP contribution in [0.3, 0.4) is 0 Å². The number of rotatable bonds is 8. The molecule has 0 aromatic heterocycles. The first-order valence-corrected chi connectivity index (χ1v) is 10.0. The molecule has 0 aliphatic carbocycles. The maximum Gasteiger partial charge on any atom is 0.310 e. The molecule has 27 heavy (non-hydrogen) atoms. The van der Waals surface area contributed by atoms with Gasteiger partial charge in [-0.3, -0.25) is 14.3 Å². The number of sulfonamides is 1. The van der Waals surface area contributed by atoms with E-state index in [2.05, 4.69) is 4.72 Å². The molecule has 0 fully saturated rings. The highest BCUT2D eigenvalue weighted by Gasteiger charge is 2.20. The lowest BCUT2D eigenvalue weighted by molar-refractivity contribution is -0.145. The largest absolute Gasteiger partial charge is 0.497 e. The van der Waals surface area contributed by atoms with Gasteiger partial charge in [-0.15, -0.1) is 0 Å². The number of nitrogens with one attached hydrogen (secondary N) is 1. The minimum atomic E-state index is -3.39. The maximum absolute atomic E-state index is 12.4. The number of benzene rings is 2. The summed E-state index contributed by atoms with van der Waals surface area (Å²) in [5.41, 5.74) is 1.41. The Morgan fingerprint density at radius 1 is 1.04 bits per heavy atom. The lowest BCUT2D eigenvalue weighted by Gasteiger charge is -2.13. The average molecular weight is 391 g/mol. The average Bonchev–Trinajstić information content (AvgIpc) is 2.61. The first-order valence-electron chi connectivity index (χ1n) is 8.12. The van der Waals surface area contributed by atoms with Crippen LogP contribution in [0.2, 0.25) is 0 Å². The van der Waals surface area contributed by atoms with Crippen LogP contribution in [0, 0.1) is 0 Å². The van der Waals surface area contributed by atoms with Crippen LogP contribution < -0.4 is 9.46 Å². The number of carbonyl (C=O) groups is 2. The van der Waals surface area contributed by atoms with Crippen molar-refractivity contribution in [2.24, 2.45) is 0 Å². The lowest BCUT2D eigenvalue weighted by atomic mass is 10.1. The summed E-state index contributed by atoms with van der Waals surface area (Å²) in [5.74, 6) is -0.204. The van der Waals surface area contributed by atoms with E-state index in [1.165, 1.54) is 31.2 Å². The molecule has 1 N–H and O–H groups in total. The number of ketones is 1. The van der Waals surface area contributed by atoms with E-state index in [0.717, 1.165) is 11.8 Å². The van der Waals surface area contributed by atoms with Crippen LogP contribution in [0.1, 0.15) is 22.8 Å². The Kier molecular flexibility index (Phi) is 6.57. The molecule has 2 aromatic carbocycles. The Hall–Kier alpha value is -2.87. The van der Waals surface area contributed by atoms with Crippen molar-refractivity contribution in [1.82, 2.24) is 0 Å². The second kappa shape index (κ2) is 8.68. The Bertz CT molecular complexity index is 904. The first-order chi connectivity index (χ1) is 12.7. The zero-order valence-electron chi connectivity index (χ0n) is 15.3. The van der Waals surface area contributed by atoms with Gasteiger partial charge < -0.3 is 9.47 Å². The number of esters is 1. The normalized spacial score (nSPS) is 12.1. The van der Waals surface area contributed by atoms with E-state index in [0.29, 0.717) is 17.0 Å². The summed E-state index contributed by atoms with van der Waals surface area (Å²) in [6.07, 6.45) is 0.124. The smallest absolute Gasteiger partial charge is 0.310 e. The highest BCUT2D eigenvalue weighted by Crippen LogP contribution is 2.15. The minimum Gasteiger partial charge on any atom is -0.497 e.